The number of carbonyl (C=O) groups is 3. The van der Waals surface area contributed by atoms with Crippen LogP contribution in [0.5, 0.6) is 0 Å². The lowest BCUT2D eigenvalue weighted by atomic mass is 10.1. The third kappa shape index (κ3) is 9.69. The average Bonchev–Trinajstić information content (AvgIpc) is 3.61. The van der Waals surface area contributed by atoms with Crippen molar-refractivity contribution in [2.75, 3.05) is 6.61 Å². The van der Waals surface area contributed by atoms with E-state index in [0.29, 0.717) is 22.1 Å². The predicted octanol–water partition coefficient (Wildman–Crippen LogP) is 3.11. The van der Waals surface area contributed by atoms with Gasteiger partial charge in [-0.1, -0.05) is 54.6 Å². The number of ether oxygens (including phenoxy) is 1. The topological polar surface area (TPSA) is 209 Å². The number of carboxylic acid groups (broad SMARTS) is 3. The smallest absolute Gasteiger partial charge is 0.335 e. The SMILES string of the molecule is Cn1ccc2c(=O)n([C@@H]3O[C@H](CO)[C@@H](O)[C@H]3O)ccc21.O=C(O)c1ccccc1.O=C(O)c1ccccc1.O=C(O)c1ccccc1. The zero-order valence-electron chi connectivity index (χ0n) is 25.1. The van der Waals surface area contributed by atoms with E-state index in [9.17, 15) is 29.4 Å². The summed E-state index contributed by atoms with van der Waals surface area (Å²) < 4.78 is 8.42. The van der Waals surface area contributed by atoms with Crippen molar-refractivity contribution in [3.63, 3.8) is 0 Å². The number of fused-ring (bicyclic) bond motifs is 1. The highest BCUT2D eigenvalue weighted by atomic mass is 16.6. The fourth-order valence-electron chi connectivity index (χ4n) is 4.34. The van der Waals surface area contributed by atoms with Crippen LogP contribution in [-0.4, -0.2) is 82.6 Å². The molecule has 1 fully saturated rings. The first kappa shape index (κ1) is 35.9. The molecule has 1 saturated heterocycles. The first-order valence-corrected chi connectivity index (χ1v) is 14.1. The summed E-state index contributed by atoms with van der Waals surface area (Å²) >= 11 is 0. The zero-order chi connectivity index (χ0) is 34.5. The molecule has 6 rings (SSSR count). The molecule has 246 valence electrons. The van der Waals surface area contributed by atoms with Gasteiger partial charge in [0, 0.05) is 19.4 Å². The van der Waals surface area contributed by atoms with E-state index in [-0.39, 0.29) is 5.56 Å². The number of aromatic carboxylic acids is 3. The molecular formula is C34H34N2O11. The van der Waals surface area contributed by atoms with Crippen molar-refractivity contribution in [3.05, 3.63) is 143 Å². The number of aliphatic hydroxyl groups is 3. The van der Waals surface area contributed by atoms with E-state index in [1.54, 1.807) is 109 Å². The Hall–Kier alpha value is -5.60. The van der Waals surface area contributed by atoms with Crippen LogP contribution in [0.15, 0.2) is 120 Å². The molecule has 0 aliphatic carbocycles. The lowest BCUT2D eigenvalue weighted by molar-refractivity contribution is -0.0541. The standard InChI is InChI=1S/C13H16N2O5.3C7H6O2/c1-14-4-2-7-8(14)3-5-15(12(7)19)13-11(18)10(17)9(6-16)20-13;3*8-7(9)6-4-2-1-3-5-6/h2-5,9-11,13,16-18H,6H2,1H3;3*1-5H,(H,8,9)/t9-,10-,11-,13-;;;/m1.../s1. The van der Waals surface area contributed by atoms with E-state index in [2.05, 4.69) is 0 Å². The number of hydrogen-bond acceptors (Lipinski definition) is 8. The number of nitrogens with zero attached hydrogens (tertiary/aromatic N) is 2. The highest BCUT2D eigenvalue weighted by Gasteiger charge is 2.43. The number of aromatic nitrogens is 2. The van der Waals surface area contributed by atoms with Gasteiger partial charge in [-0.2, -0.15) is 0 Å². The fraction of sp³-hybridized carbons (Fsp3) is 0.176. The van der Waals surface area contributed by atoms with Crippen LogP contribution in [0.3, 0.4) is 0 Å². The van der Waals surface area contributed by atoms with Crippen molar-refractivity contribution in [1.29, 1.82) is 0 Å². The average molecular weight is 647 g/mol. The number of aliphatic hydroxyl groups excluding tert-OH is 3. The Labute approximate surface area is 268 Å². The molecule has 4 atom stereocenters. The predicted molar refractivity (Wildman–Crippen MR) is 170 cm³/mol. The van der Waals surface area contributed by atoms with E-state index >= 15 is 0 Å². The molecule has 2 aromatic heterocycles. The van der Waals surface area contributed by atoms with E-state index in [1.165, 1.54) is 10.8 Å². The second kappa shape index (κ2) is 17.2. The van der Waals surface area contributed by atoms with Gasteiger partial charge in [0.2, 0.25) is 0 Å². The van der Waals surface area contributed by atoms with Crippen molar-refractivity contribution in [1.82, 2.24) is 9.13 Å². The molecule has 6 N–H and O–H groups in total. The van der Waals surface area contributed by atoms with Gasteiger partial charge in [0.1, 0.15) is 18.3 Å². The minimum Gasteiger partial charge on any atom is -0.478 e. The largest absolute Gasteiger partial charge is 0.478 e. The highest BCUT2D eigenvalue weighted by Crippen LogP contribution is 2.28. The van der Waals surface area contributed by atoms with Crippen molar-refractivity contribution < 1.29 is 49.8 Å². The Morgan fingerprint density at radius 3 is 1.43 bits per heavy atom. The summed E-state index contributed by atoms with van der Waals surface area (Å²) in [5.41, 5.74) is 1.46. The number of hydrogen-bond donors (Lipinski definition) is 6. The van der Waals surface area contributed by atoms with Crippen LogP contribution in [0.25, 0.3) is 10.9 Å². The van der Waals surface area contributed by atoms with Crippen molar-refractivity contribution in [2.24, 2.45) is 7.05 Å². The Morgan fingerprint density at radius 2 is 1.09 bits per heavy atom. The van der Waals surface area contributed by atoms with Crippen LogP contribution in [0.2, 0.25) is 0 Å². The maximum atomic E-state index is 12.4. The summed E-state index contributed by atoms with van der Waals surface area (Å²) in [6, 6.07) is 28.3. The molecule has 3 aromatic carbocycles. The summed E-state index contributed by atoms with van der Waals surface area (Å²) in [5, 5.41) is 54.4. The van der Waals surface area contributed by atoms with Gasteiger partial charge < -0.3 is 39.9 Å². The van der Waals surface area contributed by atoms with Crippen LogP contribution >= 0.6 is 0 Å². The third-order valence-corrected chi connectivity index (χ3v) is 6.83. The minimum atomic E-state index is -1.26. The molecule has 0 radical (unpaired) electrons. The van der Waals surface area contributed by atoms with E-state index < -0.39 is 49.1 Å². The Kier molecular flexibility index (Phi) is 13.1. The van der Waals surface area contributed by atoms with Gasteiger partial charge in [-0.15, -0.1) is 0 Å². The lowest BCUT2D eigenvalue weighted by Crippen LogP contribution is -2.35. The second-order valence-corrected chi connectivity index (χ2v) is 10.00. The molecule has 1 aliphatic heterocycles. The summed E-state index contributed by atoms with van der Waals surface area (Å²) in [5.74, 6) is -2.64. The first-order chi connectivity index (χ1) is 22.5. The molecule has 1 aliphatic rings. The van der Waals surface area contributed by atoms with Crippen LogP contribution in [0.1, 0.15) is 37.3 Å². The molecule has 47 heavy (non-hydrogen) atoms. The fourth-order valence-corrected chi connectivity index (χ4v) is 4.34. The second-order valence-electron chi connectivity index (χ2n) is 10.00. The summed E-state index contributed by atoms with van der Waals surface area (Å²) in [7, 11) is 1.83. The number of rotatable bonds is 5. The molecule has 0 spiro atoms. The molecule has 0 unspecified atom stereocenters. The first-order valence-electron chi connectivity index (χ1n) is 14.1. The summed E-state index contributed by atoms with van der Waals surface area (Å²) in [4.78, 5) is 43.0. The number of pyridine rings is 1. The quantitative estimate of drug-likeness (QED) is 0.163. The number of carboxylic acids is 3. The van der Waals surface area contributed by atoms with Gasteiger partial charge in [-0.3, -0.25) is 9.36 Å². The third-order valence-electron chi connectivity index (χ3n) is 6.83. The van der Waals surface area contributed by atoms with Gasteiger partial charge in [-0.25, -0.2) is 14.4 Å². The molecular weight excluding hydrogens is 612 g/mol. The number of benzene rings is 3. The van der Waals surface area contributed by atoms with Crippen LogP contribution in [0, 0.1) is 0 Å². The van der Waals surface area contributed by atoms with Crippen LogP contribution in [0.4, 0.5) is 0 Å². The van der Waals surface area contributed by atoms with Crippen LogP contribution in [-0.2, 0) is 11.8 Å². The van der Waals surface area contributed by atoms with E-state index in [0.717, 1.165) is 5.52 Å². The maximum Gasteiger partial charge on any atom is 0.335 e. The molecule has 0 saturated carbocycles. The molecule has 0 amide bonds. The maximum absolute atomic E-state index is 12.4. The van der Waals surface area contributed by atoms with Gasteiger partial charge in [-0.05, 0) is 48.5 Å². The zero-order valence-corrected chi connectivity index (χ0v) is 25.1. The van der Waals surface area contributed by atoms with Crippen molar-refractivity contribution in [3.8, 4) is 0 Å². The van der Waals surface area contributed by atoms with Gasteiger partial charge in [0.25, 0.3) is 5.56 Å². The normalized spacial score (nSPS) is 18.0. The Bertz CT molecular complexity index is 1690. The van der Waals surface area contributed by atoms with Gasteiger partial charge >= 0.3 is 17.9 Å². The van der Waals surface area contributed by atoms with Crippen LogP contribution < -0.4 is 5.56 Å². The van der Waals surface area contributed by atoms with E-state index in [4.69, 9.17) is 25.2 Å². The monoisotopic (exact) mass is 646 g/mol. The molecule has 13 heteroatoms. The number of aryl methyl sites for hydroxylation is 1. The summed E-state index contributed by atoms with van der Waals surface area (Å²) in [6.07, 6.45) is -1.08. The summed E-state index contributed by atoms with van der Waals surface area (Å²) in [6.45, 7) is -0.420. The Balaban J connectivity index is 0.000000187. The van der Waals surface area contributed by atoms with Crippen molar-refractivity contribution in [2.45, 2.75) is 24.5 Å². The van der Waals surface area contributed by atoms with Gasteiger partial charge in [0.15, 0.2) is 6.23 Å². The van der Waals surface area contributed by atoms with E-state index in [1.807, 2.05) is 11.6 Å². The molecule has 0 bridgehead atoms. The molecule has 5 aromatic rings. The molecule has 13 nitrogen and oxygen atoms in total. The Morgan fingerprint density at radius 1 is 0.660 bits per heavy atom. The molecule has 3 heterocycles. The van der Waals surface area contributed by atoms with Crippen molar-refractivity contribution >= 4 is 28.8 Å². The highest BCUT2D eigenvalue weighted by molar-refractivity contribution is 5.88. The lowest BCUT2D eigenvalue weighted by Gasteiger charge is -2.17. The van der Waals surface area contributed by atoms with Gasteiger partial charge in [0.05, 0.1) is 34.2 Å². The minimum absolute atomic E-state index is 0.307.